The molecule has 21 heteroatoms. The monoisotopic (exact) mass is 995 g/mol. The van der Waals surface area contributed by atoms with E-state index in [4.69, 9.17) is 16.6 Å². The zero-order valence-electron chi connectivity index (χ0n) is 35.9. The quantitative estimate of drug-likeness (QED) is 0.0665. The van der Waals surface area contributed by atoms with Crippen LogP contribution in [0.5, 0.6) is 0 Å². The third-order valence-electron chi connectivity index (χ3n) is 12.9. The molecule has 2 aromatic carbocycles. The molecule has 9 rings (SSSR count). The predicted octanol–water partition coefficient (Wildman–Crippen LogP) is 9.66. The number of ketones is 1. The van der Waals surface area contributed by atoms with Crippen molar-refractivity contribution in [3.05, 3.63) is 98.7 Å². The van der Waals surface area contributed by atoms with Gasteiger partial charge in [-0.3, -0.25) is 14.2 Å². The summed E-state index contributed by atoms with van der Waals surface area (Å²) in [6.45, 7) is 0.928. The average molecular weight is 996 g/mol. The molecule has 0 saturated heterocycles. The van der Waals surface area contributed by atoms with E-state index in [0.717, 1.165) is 29.7 Å². The Morgan fingerprint density at radius 3 is 2.25 bits per heavy atom. The lowest BCUT2D eigenvalue weighted by molar-refractivity contribution is -0.120. The van der Waals surface area contributed by atoms with Crippen LogP contribution in [0.25, 0.3) is 22.0 Å². The van der Waals surface area contributed by atoms with Gasteiger partial charge in [-0.15, -0.1) is 0 Å². The van der Waals surface area contributed by atoms with Crippen molar-refractivity contribution in [1.29, 1.82) is 0 Å². The molecule has 356 valence electrons. The number of nitrogens with zero attached hydrogens (tertiary/aromatic N) is 5. The molecule has 5 aromatic rings. The largest absolute Gasteiger partial charge is 0.298 e. The molecular weight excluding hydrogens is 954 g/mol. The minimum Gasteiger partial charge on any atom is -0.298 e. The first kappa shape index (κ1) is 47.2. The Morgan fingerprint density at radius 1 is 0.925 bits per heavy atom. The van der Waals surface area contributed by atoms with Crippen molar-refractivity contribution in [2.24, 2.45) is 11.8 Å². The number of rotatable bonds is 17. The summed E-state index contributed by atoms with van der Waals surface area (Å²) in [6, 6.07) is 8.26. The van der Waals surface area contributed by atoms with E-state index >= 15 is 8.78 Å². The van der Waals surface area contributed by atoms with Crippen molar-refractivity contribution < 1.29 is 56.8 Å². The van der Waals surface area contributed by atoms with E-state index in [2.05, 4.69) is 22.0 Å². The van der Waals surface area contributed by atoms with Gasteiger partial charge in [0.15, 0.2) is 25.5 Å². The molecule has 0 amide bonds. The van der Waals surface area contributed by atoms with Crippen LogP contribution in [0, 0.1) is 35.3 Å². The summed E-state index contributed by atoms with van der Waals surface area (Å²) in [4.78, 5) is 19.1. The molecule has 0 aliphatic heterocycles. The second-order valence-electron chi connectivity index (χ2n) is 18.6. The van der Waals surface area contributed by atoms with E-state index in [1.165, 1.54) is 38.1 Å². The third kappa shape index (κ3) is 9.24. The Hall–Kier alpha value is -4.87. The van der Waals surface area contributed by atoms with E-state index in [0.29, 0.717) is 23.6 Å². The molecule has 3 atom stereocenters. The van der Waals surface area contributed by atoms with Crippen molar-refractivity contribution in [2.75, 3.05) is 5.75 Å². The number of carbonyl (C=O) groups is 1. The van der Waals surface area contributed by atoms with Gasteiger partial charge >= 0.3 is 0 Å². The number of Topliss-reactive ketones (excluding diaryl/α,β-unsaturated/α-hetero) is 1. The van der Waals surface area contributed by atoms with E-state index in [1.807, 2.05) is 0 Å². The number of alkyl halides is 6. The van der Waals surface area contributed by atoms with Gasteiger partial charge < -0.3 is 0 Å². The van der Waals surface area contributed by atoms with Crippen LogP contribution in [0.2, 0.25) is 5.02 Å². The number of halogens is 9. The number of hydrogen-bond acceptors (Lipinski definition) is 8. The van der Waals surface area contributed by atoms with Crippen LogP contribution in [-0.4, -0.2) is 69.3 Å². The lowest BCUT2D eigenvalue weighted by atomic mass is 9.86. The Bertz CT molecular complexity index is 3120. The summed E-state index contributed by atoms with van der Waals surface area (Å²) < 4.78 is 171. The van der Waals surface area contributed by atoms with Gasteiger partial charge in [-0.25, -0.2) is 48.2 Å². The first-order chi connectivity index (χ1) is 31.4. The van der Waals surface area contributed by atoms with Crippen molar-refractivity contribution in [3.8, 4) is 23.0 Å². The number of benzene rings is 2. The van der Waals surface area contributed by atoms with Crippen LogP contribution in [-0.2, 0) is 55.7 Å². The maximum atomic E-state index is 15.6. The number of hydrogen-bond donors (Lipinski definition) is 0. The standard InChI is InChI=1S/C46H42ClF8N5O5S2/c1-45(2,67(64,65)30-6-7-30)12-11-28-5-8-31(32-9-10-35(47)39-36(22-66(62,63)21-23-3-4-23)57-59(42(32)39)20-37(50)51)40(56-28)25(13-24-14-26(48)17-27(49)15-24)16-29(61)19-60-43-38(41(58-60)44(52)53)33-18-34(33)46(43,54)55/h5,8-10,14-15,17,23,25,30,33-34,37,44H,3-4,6-7,13,16,18-22H2,1-2H3/t25-,33+,34-/m1/s1. The highest BCUT2D eigenvalue weighted by Crippen LogP contribution is 2.68. The van der Waals surface area contributed by atoms with Gasteiger partial charge in [0.1, 0.15) is 46.6 Å². The minimum atomic E-state index is -3.81. The van der Waals surface area contributed by atoms with Crippen LogP contribution in [0.4, 0.5) is 35.1 Å². The summed E-state index contributed by atoms with van der Waals surface area (Å²) in [5.74, 6) is -4.95. The first-order valence-electron chi connectivity index (χ1n) is 21.6. The highest BCUT2D eigenvalue weighted by molar-refractivity contribution is 7.93. The summed E-state index contributed by atoms with van der Waals surface area (Å²) in [7, 11) is -7.55. The Labute approximate surface area is 385 Å². The number of carbonyl (C=O) groups excluding carboxylic acids is 1. The van der Waals surface area contributed by atoms with Gasteiger partial charge in [-0.2, -0.15) is 19.0 Å². The summed E-state index contributed by atoms with van der Waals surface area (Å²) in [5.41, 5.74) is -2.00. The molecule has 0 radical (unpaired) electrons. The van der Waals surface area contributed by atoms with Crippen molar-refractivity contribution in [2.45, 2.75) is 118 Å². The van der Waals surface area contributed by atoms with Gasteiger partial charge in [0.25, 0.3) is 18.8 Å². The molecule has 4 aliphatic rings. The minimum absolute atomic E-state index is 0.00469. The normalized spacial score (nSPS) is 19.4. The van der Waals surface area contributed by atoms with Crippen LogP contribution >= 0.6 is 11.6 Å². The Kier molecular flexibility index (Phi) is 12.0. The molecule has 67 heavy (non-hydrogen) atoms. The first-order valence-corrected chi connectivity index (χ1v) is 25.4. The topological polar surface area (TPSA) is 134 Å². The molecule has 3 fully saturated rings. The van der Waals surface area contributed by atoms with Crippen molar-refractivity contribution in [3.63, 3.8) is 0 Å². The van der Waals surface area contributed by atoms with Gasteiger partial charge in [0.2, 0.25) is 0 Å². The molecule has 3 heterocycles. The number of aromatic nitrogens is 5. The second-order valence-corrected chi connectivity index (χ2v) is 23.9. The lowest BCUT2D eigenvalue weighted by Crippen LogP contribution is -2.33. The van der Waals surface area contributed by atoms with Crippen LogP contribution in [0.1, 0.15) is 110 Å². The fourth-order valence-corrected chi connectivity index (χ4v) is 13.2. The predicted molar refractivity (Wildman–Crippen MR) is 231 cm³/mol. The van der Waals surface area contributed by atoms with E-state index in [1.54, 1.807) is 0 Å². The van der Waals surface area contributed by atoms with Gasteiger partial charge in [-0.1, -0.05) is 23.6 Å². The highest BCUT2D eigenvalue weighted by Gasteiger charge is 2.67. The number of fused-ring (bicyclic) bond motifs is 4. The zero-order valence-corrected chi connectivity index (χ0v) is 38.2. The Balaban J connectivity index is 1.21. The molecule has 0 N–H and O–H groups in total. The molecule has 10 nitrogen and oxygen atoms in total. The molecule has 0 bridgehead atoms. The summed E-state index contributed by atoms with van der Waals surface area (Å²) in [6.07, 6.45) is -4.89. The van der Waals surface area contributed by atoms with E-state index in [9.17, 15) is 48.0 Å². The molecule has 0 unspecified atom stereocenters. The molecular formula is C46H42ClF8N5O5S2. The maximum Gasteiger partial charge on any atom is 0.293 e. The molecule has 3 saturated carbocycles. The smallest absolute Gasteiger partial charge is 0.293 e. The van der Waals surface area contributed by atoms with Crippen LogP contribution in [0.15, 0.2) is 42.5 Å². The van der Waals surface area contributed by atoms with E-state index < -0.39 is 120 Å². The SMILES string of the molecule is CC(C)(C#Cc1ccc(-c2ccc(Cl)c3c(CS(=O)(=O)CC4CC4)nn(CC(F)F)c23)c([C@@H](CC(=O)Cn2nc(C(F)F)c3c2C(F)(F)[C@@H]2C[C@H]32)Cc2cc(F)cc(F)c2)n1)S(=O)(=O)C1CC1. The fraction of sp³-hybridized carbons (Fsp3) is 0.478. The third-order valence-corrected chi connectivity index (χ3v) is 17.8. The summed E-state index contributed by atoms with van der Waals surface area (Å²) in [5, 5.41) is 7.53. The average Bonchev–Trinajstić information content (AvgIpc) is 4.14. The van der Waals surface area contributed by atoms with Crippen molar-refractivity contribution in [1.82, 2.24) is 24.5 Å². The zero-order chi connectivity index (χ0) is 48.1. The fourth-order valence-electron chi connectivity index (χ4n) is 9.37. The van der Waals surface area contributed by atoms with Crippen LogP contribution in [0.3, 0.4) is 0 Å². The maximum absolute atomic E-state index is 15.6. The molecule has 0 spiro atoms. The summed E-state index contributed by atoms with van der Waals surface area (Å²) >= 11 is 6.73. The highest BCUT2D eigenvalue weighted by atomic mass is 35.5. The Morgan fingerprint density at radius 2 is 1.61 bits per heavy atom. The molecule has 3 aromatic heterocycles. The molecule has 4 aliphatic carbocycles. The van der Waals surface area contributed by atoms with Gasteiger partial charge in [-0.05, 0) is 106 Å². The number of sulfone groups is 2. The van der Waals surface area contributed by atoms with Crippen LogP contribution < -0.4 is 0 Å². The van der Waals surface area contributed by atoms with E-state index in [-0.39, 0.29) is 79.8 Å². The van der Waals surface area contributed by atoms with Gasteiger partial charge in [0, 0.05) is 46.4 Å². The van der Waals surface area contributed by atoms with Crippen molar-refractivity contribution >= 4 is 48.0 Å². The van der Waals surface area contributed by atoms with Gasteiger partial charge in [0.05, 0.1) is 38.7 Å². The second kappa shape index (κ2) is 17.0. The number of pyridine rings is 1. The lowest BCUT2D eigenvalue weighted by Gasteiger charge is -2.22.